The van der Waals surface area contributed by atoms with Gasteiger partial charge >= 0.3 is 5.97 Å². The second kappa shape index (κ2) is 6.50. The van der Waals surface area contributed by atoms with Gasteiger partial charge in [-0.1, -0.05) is 30.3 Å². The number of benzene rings is 1. The molecule has 1 aliphatic carbocycles. The Morgan fingerprint density at radius 2 is 2.00 bits per heavy atom. The molecule has 0 aliphatic heterocycles. The van der Waals surface area contributed by atoms with E-state index in [0.717, 1.165) is 12.8 Å². The van der Waals surface area contributed by atoms with Crippen molar-refractivity contribution in [2.75, 3.05) is 7.11 Å². The highest BCUT2D eigenvalue weighted by molar-refractivity contribution is 5.80. The molecule has 0 spiro atoms. The number of ketones is 1. The van der Waals surface area contributed by atoms with Gasteiger partial charge < -0.3 is 4.74 Å². The molecule has 0 N–H and O–H groups in total. The van der Waals surface area contributed by atoms with Gasteiger partial charge in [-0.15, -0.1) is 0 Å². The Morgan fingerprint density at radius 1 is 1.26 bits per heavy atom. The van der Waals surface area contributed by atoms with Gasteiger partial charge in [-0.3, -0.25) is 9.59 Å². The third kappa shape index (κ3) is 3.91. The molecule has 1 saturated carbocycles. The van der Waals surface area contributed by atoms with Crippen molar-refractivity contribution in [3.05, 3.63) is 35.9 Å². The SMILES string of the molecule is COC(=O)C[C@H]1CC(=O)CC[C@H]1Cc1ccccc1. The number of carbonyl (C=O) groups is 2. The minimum absolute atomic E-state index is 0.133. The van der Waals surface area contributed by atoms with Crippen LogP contribution in [0.5, 0.6) is 0 Å². The van der Waals surface area contributed by atoms with Crippen LogP contribution in [0.4, 0.5) is 0 Å². The number of hydrogen-bond donors (Lipinski definition) is 0. The summed E-state index contributed by atoms with van der Waals surface area (Å²) >= 11 is 0. The van der Waals surface area contributed by atoms with Gasteiger partial charge in [0.1, 0.15) is 5.78 Å². The van der Waals surface area contributed by atoms with Crippen LogP contribution in [0.25, 0.3) is 0 Å². The molecule has 19 heavy (non-hydrogen) atoms. The predicted octanol–water partition coefficient (Wildman–Crippen LogP) is 2.78. The normalized spacial score (nSPS) is 23.1. The summed E-state index contributed by atoms with van der Waals surface area (Å²) in [6.45, 7) is 0. The second-order valence-electron chi connectivity index (χ2n) is 5.27. The van der Waals surface area contributed by atoms with E-state index in [9.17, 15) is 9.59 Å². The van der Waals surface area contributed by atoms with Crippen molar-refractivity contribution < 1.29 is 14.3 Å². The monoisotopic (exact) mass is 260 g/mol. The van der Waals surface area contributed by atoms with Crippen LogP contribution in [0.2, 0.25) is 0 Å². The fourth-order valence-corrected chi connectivity index (χ4v) is 2.87. The number of ether oxygens (including phenoxy) is 1. The molecule has 0 radical (unpaired) electrons. The summed E-state index contributed by atoms with van der Waals surface area (Å²) in [4.78, 5) is 23.0. The third-order valence-corrected chi connectivity index (χ3v) is 3.95. The Morgan fingerprint density at radius 3 is 2.68 bits per heavy atom. The number of methoxy groups -OCH3 is 1. The van der Waals surface area contributed by atoms with E-state index < -0.39 is 0 Å². The van der Waals surface area contributed by atoms with Crippen LogP contribution < -0.4 is 0 Å². The zero-order valence-electron chi connectivity index (χ0n) is 11.3. The zero-order valence-corrected chi connectivity index (χ0v) is 11.3. The first-order valence-electron chi connectivity index (χ1n) is 6.81. The molecular weight excluding hydrogens is 240 g/mol. The molecule has 2 atom stereocenters. The molecule has 1 aliphatic rings. The molecular formula is C16H20O3. The molecule has 0 saturated heterocycles. The summed E-state index contributed by atoms with van der Waals surface area (Å²) in [5.74, 6) is 0.601. The van der Waals surface area contributed by atoms with E-state index in [4.69, 9.17) is 4.74 Å². The summed E-state index contributed by atoms with van der Waals surface area (Å²) in [5, 5.41) is 0. The van der Waals surface area contributed by atoms with Crippen LogP contribution in [0, 0.1) is 11.8 Å². The maximum absolute atomic E-state index is 11.6. The second-order valence-corrected chi connectivity index (χ2v) is 5.27. The predicted molar refractivity (Wildman–Crippen MR) is 72.6 cm³/mol. The van der Waals surface area contributed by atoms with Crippen molar-refractivity contribution in [2.24, 2.45) is 11.8 Å². The first-order valence-corrected chi connectivity index (χ1v) is 6.81. The minimum atomic E-state index is -0.210. The van der Waals surface area contributed by atoms with Crippen molar-refractivity contribution in [3.63, 3.8) is 0 Å². The molecule has 0 aromatic heterocycles. The maximum atomic E-state index is 11.6. The number of rotatable bonds is 4. The molecule has 1 fully saturated rings. The van der Waals surface area contributed by atoms with Gasteiger partial charge in [-0.25, -0.2) is 0 Å². The third-order valence-electron chi connectivity index (χ3n) is 3.95. The van der Waals surface area contributed by atoms with E-state index in [1.54, 1.807) is 0 Å². The van der Waals surface area contributed by atoms with Crippen molar-refractivity contribution in [2.45, 2.75) is 32.1 Å². The van der Waals surface area contributed by atoms with Crippen LogP contribution in [0.1, 0.15) is 31.2 Å². The van der Waals surface area contributed by atoms with Gasteiger partial charge in [0.15, 0.2) is 0 Å². The molecule has 102 valence electrons. The van der Waals surface area contributed by atoms with Crippen molar-refractivity contribution in [1.82, 2.24) is 0 Å². The number of carbonyl (C=O) groups excluding carboxylic acids is 2. The van der Waals surface area contributed by atoms with Crippen LogP contribution in [0.15, 0.2) is 30.3 Å². The van der Waals surface area contributed by atoms with Gasteiger partial charge in [-0.05, 0) is 30.2 Å². The summed E-state index contributed by atoms with van der Waals surface area (Å²) in [5.41, 5.74) is 1.27. The molecule has 0 heterocycles. The van der Waals surface area contributed by atoms with Gasteiger partial charge in [0.05, 0.1) is 7.11 Å². The molecule has 0 bridgehead atoms. The van der Waals surface area contributed by atoms with E-state index in [2.05, 4.69) is 12.1 Å². The Bertz CT molecular complexity index is 439. The van der Waals surface area contributed by atoms with Crippen LogP contribution in [-0.2, 0) is 20.7 Å². The number of hydrogen-bond acceptors (Lipinski definition) is 3. The highest BCUT2D eigenvalue weighted by Gasteiger charge is 2.31. The average Bonchev–Trinajstić information content (AvgIpc) is 2.43. The van der Waals surface area contributed by atoms with Gasteiger partial charge in [0.2, 0.25) is 0 Å². The van der Waals surface area contributed by atoms with E-state index in [-0.39, 0.29) is 17.7 Å². The summed E-state index contributed by atoms with van der Waals surface area (Å²) in [7, 11) is 1.40. The van der Waals surface area contributed by atoms with Crippen LogP contribution in [-0.4, -0.2) is 18.9 Å². The summed E-state index contributed by atoms with van der Waals surface area (Å²) < 4.78 is 4.74. The molecule has 2 rings (SSSR count). The Balaban J connectivity index is 2.03. The largest absolute Gasteiger partial charge is 0.469 e. The van der Waals surface area contributed by atoms with Crippen molar-refractivity contribution >= 4 is 11.8 Å². The highest BCUT2D eigenvalue weighted by Crippen LogP contribution is 2.33. The average molecular weight is 260 g/mol. The van der Waals surface area contributed by atoms with Gasteiger partial charge in [0, 0.05) is 19.3 Å². The minimum Gasteiger partial charge on any atom is -0.469 e. The Labute approximate surface area is 114 Å². The lowest BCUT2D eigenvalue weighted by molar-refractivity contribution is -0.142. The van der Waals surface area contributed by atoms with Crippen molar-refractivity contribution in [3.8, 4) is 0 Å². The molecule has 0 amide bonds. The first-order chi connectivity index (χ1) is 9.19. The molecule has 1 aromatic carbocycles. The summed E-state index contributed by atoms with van der Waals surface area (Å²) in [6, 6.07) is 10.3. The van der Waals surface area contributed by atoms with Gasteiger partial charge in [-0.2, -0.15) is 0 Å². The molecule has 3 nitrogen and oxygen atoms in total. The number of Topliss-reactive ketones (excluding diaryl/α,β-unsaturated/α-hetero) is 1. The van der Waals surface area contributed by atoms with Crippen LogP contribution >= 0.6 is 0 Å². The zero-order chi connectivity index (χ0) is 13.7. The standard InChI is InChI=1S/C16H20O3/c1-19-16(18)11-14-10-15(17)8-7-13(14)9-12-5-3-2-4-6-12/h2-6,13-14H,7-11H2,1H3/t13-,14+/m0/s1. The van der Waals surface area contributed by atoms with Gasteiger partial charge in [0.25, 0.3) is 0 Å². The summed E-state index contributed by atoms with van der Waals surface area (Å²) in [6.07, 6.45) is 3.35. The lowest BCUT2D eigenvalue weighted by atomic mass is 9.74. The smallest absolute Gasteiger partial charge is 0.305 e. The lowest BCUT2D eigenvalue weighted by Crippen LogP contribution is -2.28. The fraction of sp³-hybridized carbons (Fsp3) is 0.500. The molecule has 0 unspecified atom stereocenters. The van der Waals surface area contributed by atoms with Crippen molar-refractivity contribution in [1.29, 1.82) is 0 Å². The molecule has 1 aromatic rings. The Kier molecular flexibility index (Phi) is 4.72. The topological polar surface area (TPSA) is 43.4 Å². The van der Waals surface area contributed by atoms with Crippen LogP contribution in [0.3, 0.4) is 0 Å². The van der Waals surface area contributed by atoms with E-state index in [1.165, 1.54) is 12.7 Å². The fourth-order valence-electron chi connectivity index (χ4n) is 2.87. The number of esters is 1. The lowest BCUT2D eigenvalue weighted by Gasteiger charge is -2.30. The quantitative estimate of drug-likeness (QED) is 0.782. The maximum Gasteiger partial charge on any atom is 0.305 e. The van der Waals surface area contributed by atoms with E-state index in [1.807, 2.05) is 18.2 Å². The van der Waals surface area contributed by atoms with E-state index in [0.29, 0.717) is 25.2 Å². The Hall–Kier alpha value is -1.64. The molecule has 3 heteroatoms. The van der Waals surface area contributed by atoms with E-state index >= 15 is 0 Å². The highest BCUT2D eigenvalue weighted by atomic mass is 16.5. The first kappa shape index (κ1) is 13.8.